The fraction of sp³-hybridized carbons (Fsp3) is 0.700. The second kappa shape index (κ2) is 7.06. The second-order valence-electron chi connectivity index (χ2n) is 8.50. The summed E-state index contributed by atoms with van der Waals surface area (Å²) in [5.74, 6) is 0.932. The largest absolute Gasteiger partial charge is 0.494 e. The highest BCUT2D eigenvalue weighted by Gasteiger charge is 2.52. The van der Waals surface area contributed by atoms with Crippen molar-refractivity contribution in [2.45, 2.75) is 52.7 Å². The molecule has 1 aromatic rings. The van der Waals surface area contributed by atoms with Crippen molar-refractivity contribution in [2.24, 2.45) is 0 Å². The summed E-state index contributed by atoms with van der Waals surface area (Å²) in [5.41, 5.74) is 2.77. The Morgan fingerprint density at radius 3 is 2.15 bits per heavy atom. The van der Waals surface area contributed by atoms with Gasteiger partial charge >= 0.3 is 7.12 Å². The number of anilines is 1. The molecule has 26 heavy (non-hydrogen) atoms. The van der Waals surface area contributed by atoms with Gasteiger partial charge in [0.15, 0.2) is 0 Å². The lowest BCUT2D eigenvalue weighted by Crippen LogP contribution is -2.45. The van der Waals surface area contributed by atoms with Crippen LogP contribution < -0.4 is 15.1 Å². The lowest BCUT2D eigenvalue weighted by atomic mass is 9.78. The first-order chi connectivity index (χ1) is 12.1. The highest BCUT2D eigenvalue weighted by Crippen LogP contribution is 2.38. The van der Waals surface area contributed by atoms with Crippen molar-refractivity contribution in [1.29, 1.82) is 0 Å². The number of rotatable bonds is 4. The van der Waals surface area contributed by atoms with Gasteiger partial charge in [-0.2, -0.15) is 0 Å². The number of piperazine rings is 1. The zero-order valence-electron chi connectivity index (χ0n) is 17.4. The lowest BCUT2D eigenvalue weighted by Gasteiger charge is -2.36. The maximum atomic E-state index is 6.24. The normalized spacial score (nSPS) is 22.7. The van der Waals surface area contributed by atoms with Crippen molar-refractivity contribution in [3.8, 4) is 5.75 Å². The summed E-state index contributed by atoms with van der Waals surface area (Å²) in [5, 5.41) is 0. The summed E-state index contributed by atoms with van der Waals surface area (Å²) >= 11 is 0. The van der Waals surface area contributed by atoms with Gasteiger partial charge in [0.2, 0.25) is 0 Å². The number of nitrogens with zero attached hydrogens (tertiary/aromatic N) is 2. The SMILES string of the molecule is CCOc1cc(B2OC(C)(C)C(C)(C)O2)cc(C)c1N1CCN(C)CC1. The number of hydrogen-bond donors (Lipinski definition) is 0. The molecule has 0 unspecified atom stereocenters. The van der Waals surface area contributed by atoms with Crippen LogP contribution >= 0.6 is 0 Å². The topological polar surface area (TPSA) is 34.2 Å². The monoisotopic (exact) mass is 360 g/mol. The molecule has 0 radical (unpaired) electrons. The quantitative estimate of drug-likeness (QED) is 0.771. The molecule has 0 N–H and O–H groups in total. The molecule has 5 nitrogen and oxygen atoms in total. The van der Waals surface area contributed by atoms with Gasteiger partial charge in [0.05, 0.1) is 23.5 Å². The van der Waals surface area contributed by atoms with Crippen LogP contribution in [0.2, 0.25) is 0 Å². The predicted molar refractivity (Wildman–Crippen MR) is 108 cm³/mol. The molecule has 0 spiro atoms. The van der Waals surface area contributed by atoms with Crippen LogP contribution in [-0.2, 0) is 9.31 Å². The van der Waals surface area contributed by atoms with Gasteiger partial charge in [-0.25, -0.2) is 0 Å². The van der Waals surface area contributed by atoms with Crippen molar-refractivity contribution in [1.82, 2.24) is 4.90 Å². The van der Waals surface area contributed by atoms with E-state index >= 15 is 0 Å². The summed E-state index contributed by atoms with van der Waals surface area (Å²) < 4.78 is 18.5. The molecule has 0 amide bonds. The van der Waals surface area contributed by atoms with E-state index in [0.717, 1.165) is 37.4 Å². The Morgan fingerprint density at radius 1 is 1.04 bits per heavy atom. The predicted octanol–water partition coefficient (Wildman–Crippen LogP) is 2.44. The van der Waals surface area contributed by atoms with Crippen LogP contribution in [0.4, 0.5) is 5.69 Å². The van der Waals surface area contributed by atoms with Crippen LogP contribution in [-0.4, -0.2) is 63.1 Å². The van der Waals surface area contributed by atoms with Gasteiger partial charge in [0.1, 0.15) is 5.75 Å². The van der Waals surface area contributed by atoms with Crippen LogP contribution in [0.15, 0.2) is 12.1 Å². The molecule has 2 aliphatic heterocycles. The van der Waals surface area contributed by atoms with E-state index in [0.29, 0.717) is 6.61 Å². The molecule has 2 saturated heterocycles. The van der Waals surface area contributed by atoms with Crippen molar-refractivity contribution < 1.29 is 14.0 Å². The second-order valence-corrected chi connectivity index (χ2v) is 8.50. The fourth-order valence-electron chi connectivity index (χ4n) is 3.59. The van der Waals surface area contributed by atoms with Crippen molar-refractivity contribution >= 4 is 18.3 Å². The molecule has 0 atom stereocenters. The molecule has 0 aromatic heterocycles. The molecule has 3 rings (SSSR count). The number of hydrogen-bond acceptors (Lipinski definition) is 5. The Hall–Kier alpha value is -1.24. The Labute approximate surface area is 158 Å². The molecular formula is C20H33BN2O3. The summed E-state index contributed by atoms with van der Waals surface area (Å²) in [6.45, 7) is 17.4. The van der Waals surface area contributed by atoms with E-state index in [4.69, 9.17) is 14.0 Å². The molecular weight excluding hydrogens is 327 g/mol. The van der Waals surface area contributed by atoms with Gasteiger partial charge in [0, 0.05) is 26.2 Å². The number of benzene rings is 1. The summed E-state index contributed by atoms with van der Waals surface area (Å²) in [6.07, 6.45) is 0. The minimum Gasteiger partial charge on any atom is -0.492 e. The van der Waals surface area contributed by atoms with Gasteiger partial charge in [-0.1, -0.05) is 6.07 Å². The Kier molecular flexibility index (Phi) is 5.30. The molecule has 0 saturated carbocycles. The maximum Gasteiger partial charge on any atom is 0.494 e. The van der Waals surface area contributed by atoms with Crippen LogP contribution in [0, 0.1) is 6.92 Å². The Bertz CT molecular complexity index is 639. The average Bonchev–Trinajstić information content (AvgIpc) is 2.77. The van der Waals surface area contributed by atoms with E-state index in [-0.39, 0.29) is 18.3 Å². The summed E-state index contributed by atoms with van der Waals surface area (Å²) in [7, 11) is 1.81. The third kappa shape index (κ3) is 3.60. The van der Waals surface area contributed by atoms with Gasteiger partial charge in [-0.3, -0.25) is 0 Å². The minimum absolute atomic E-state index is 0.340. The smallest absolute Gasteiger partial charge is 0.492 e. The molecule has 6 heteroatoms. The first-order valence-corrected chi connectivity index (χ1v) is 9.71. The maximum absolute atomic E-state index is 6.24. The minimum atomic E-state index is -0.362. The number of likely N-dealkylation sites (N-methyl/N-ethyl adjacent to an activating group) is 1. The van der Waals surface area contributed by atoms with Crippen molar-refractivity contribution in [3.05, 3.63) is 17.7 Å². The van der Waals surface area contributed by atoms with Crippen LogP contribution in [0.25, 0.3) is 0 Å². The Balaban J connectivity index is 1.92. The third-order valence-corrected chi connectivity index (χ3v) is 5.93. The van der Waals surface area contributed by atoms with Crippen LogP contribution in [0.3, 0.4) is 0 Å². The van der Waals surface area contributed by atoms with Gasteiger partial charge < -0.3 is 23.8 Å². The number of ether oxygens (including phenoxy) is 1. The van der Waals surface area contributed by atoms with E-state index in [9.17, 15) is 0 Å². The molecule has 2 fully saturated rings. The van der Waals surface area contributed by atoms with Crippen LogP contribution in [0.1, 0.15) is 40.2 Å². The Morgan fingerprint density at radius 2 is 1.62 bits per heavy atom. The molecule has 0 bridgehead atoms. The zero-order valence-corrected chi connectivity index (χ0v) is 17.4. The molecule has 1 aromatic carbocycles. The fourth-order valence-corrected chi connectivity index (χ4v) is 3.59. The summed E-state index contributed by atoms with van der Waals surface area (Å²) in [4.78, 5) is 4.80. The first-order valence-electron chi connectivity index (χ1n) is 9.71. The molecule has 2 aliphatic rings. The molecule has 0 aliphatic carbocycles. The van der Waals surface area contributed by atoms with Crippen molar-refractivity contribution in [2.75, 3.05) is 44.7 Å². The molecule has 144 valence electrons. The van der Waals surface area contributed by atoms with E-state index in [1.54, 1.807) is 0 Å². The van der Waals surface area contributed by atoms with E-state index in [1.165, 1.54) is 11.3 Å². The van der Waals surface area contributed by atoms with Crippen molar-refractivity contribution in [3.63, 3.8) is 0 Å². The number of aryl methyl sites for hydroxylation is 1. The zero-order chi connectivity index (χ0) is 19.1. The van der Waals surface area contributed by atoms with Gasteiger partial charge in [0.25, 0.3) is 0 Å². The highest BCUT2D eigenvalue weighted by molar-refractivity contribution is 6.62. The third-order valence-electron chi connectivity index (χ3n) is 5.93. The van der Waals surface area contributed by atoms with E-state index in [1.807, 2.05) is 6.92 Å². The lowest BCUT2D eigenvalue weighted by molar-refractivity contribution is 0.00578. The highest BCUT2D eigenvalue weighted by atomic mass is 16.7. The summed E-state index contributed by atoms with van der Waals surface area (Å²) in [6, 6.07) is 4.30. The standard InChI is InChI=1S/C20H33BN2O3/c1-8-24-17-14-16(21-25-19(3,4)20(5,6)26-21)13-15(2)18(17)23-11-9-22(7)10-12-23/h13-14H,8-12H2,1-7H3. The molecule has 2 heterocycles. The van der Waals surface area contributed by atoms with E-state index < -0.39 is 0 Å². The average molecular weight is 360 g/mol. The van der Waals surface area contributed by atoms with E-state index in [2.05, 4.69) is 63.6 Å². The van der Waals surface area contributed by atoms with Gasteiger partial charge in [-0.05, 0) is 65.7 Å². The first kappa shape index (κ1) is 19.5. The van der Waals surface area contributed by atoms with Crippen LogP contribution in [0.5, 0.6) is 5.75 Å². The van der Waals surface area contributed by atoms with Gasteiger partial charge in [-0.15, -0.1) is 0 Å².